The van der Waals surface area contributed by atoms with E-state index >= 15 is 0 Å². The third kappa shape index (κ3) is 5.30. The predicted molar refractivity (Wildman–Crippen MR) is 106 cm³/mol. The molecule has 2 N–H and O–H groups in total. The van der Waals surface area contributed by atoms with Gasteiger partial charge in [-0.25, -0.2) is 0 Å². The van der Waals surface area contributed by atoms with Gasteiger partial charge in [-0.3, -0.25) is 9.59 Å². The fraction of sp³-hybridized carbons (Fsp3) is 0.700. The number of carbonyl (C=O) groups is 2. The Kier molecular flexibility index (Phi) is 7.08. The quantitative estimate of drug-likeness (QED) is 0.768. The molecular weight excluding hydrogens is 346 g/mol. The second-order valence-corrected chi connectivity index (χ2v) is 8.71. The van der Waals surface area contributed by atoms with Crippen molar-refractivity contribution in [3.63, 3.8) is 0 Å². The lowest BCUT2D eigenvalue weighted by atomic mass is 9.94. The van der Waals surface area contributed by atoms with Gasteiger partial charge in [0.2, 0.25) is 5.91 Å². The van der Waals surface area contributed by atoms with E-state index in [0.717, 1.165) is 24.3 Å². The Balaban J connectivity index is 1.34. The van der Waals surface area contributed by atoms with Crippen LogP contribution >= 0.6 is 11.3 Å². The number of fused-ring (bicyclic) bond motifs is 1. The van der Waals surface area contributed by atoms with Crippen LogP contribution in [0.15, 0.2) is 6.07 Å². The third-order valence-electron chi connectivity index (χ3n) is 5.61. The highest BCUT2D eigenvalue weighted by molar-refractivity contribution is 7.14. The van der Waals surface area contributed by atoms with Crippen molar-refractivity contribution in [2.24, 2.45) is 0 Å². The van der Waals surface area contributed by atoms with E-state index in [1.165, 1.54) is 55.4 Å². The van der Waals surface area contributed by atoms with Gasteiger partial charge in [0.05, 0.1) is 11.4 Å². The van der Waals surface area contributed by atoms with Gasteiger partial charge in [-0.1, -0.05) is 19.3 Å². The SMILES string of the molecule is CN(CCNC(=O)CNC(=O)c1cc2c(s1)CCCC2)C1CCCCC1. The highest BCUT2D eigenvalue weighted by Crippen LogP contribution is 2.29. The van der Waals surface area contributed by atoms with Crippen LogP contribution < -0.4 is 10.6 Å². The third-order valence-corrected chi connectivity index (χ3v) is 6.85. The number of hydrogen-bond acceptors (Lipinski definition) is 4. The van der Waals surface area contributed by atoms with Crippen LogP contribution in [0.4, 0.5) is 0 Å². The van der Waals surface area contributed by atoms with E-state index in [9.17, 15) is 9.59 Å². The zero-order chi connectivity index (χ0) is 18.4. The molecule has 6 heteroatoms. The molecule has 26 heavy (non-hydrogen) atoms. The van der Waals surface area contributed by atoms with E-state index in [0.29, 0.717) is 12.6 Å². The summed E-state index contributed by atoms with van der Waals surface area (Å²) in [7, 11) is 2.14. The average Bonchev–Trinajstić information content (AvgIpc) is 3.11. The standard InChI is InChI=1S/C20H31N3O2S/c1-23(16-8-3-2-4-9-16)12-11-21-19(24)14-22-20(25)18-13-15-7-5-6-10-17(15)26-18/h13,16H,2-12,14H2,1H3,(H,21,24)(H,22,25). The summed E-state index contributed by atoms with van der Waals surface area (Å²) in [6, 6.07) is 2.66. The van der Waals surface area contributed by atoms with Crippen molar-refractivity contribution < 1.29 is 9.59 Å². The van der Waals surface area contributed by atoms with Crippen LogP contribution in [0, 0.1) is 0 Å². The van der Waals surface area contributed by atoms with E-state index in [2.05, 4.69) is 22.6 Å². The summed E-state index contributed by atoms with van der Waals surface area (Å²) in [5, 5.41) is 5.67. The van der Waals surface area contributed by atoms with Gasteiger partial charge in [0.1, 0.15) is 0 Å². The molecule has 0 unspecified atom stereocenters. The number of aryl methyl sites for hydroxylation is 2. The maximum atomic E-state index is 12.3. The molecule has 5 nitrogen and oxygen atoms in total. The van der Waals surface area contributed by atoms with Crippen LogP contribution in [0.1, 0.15) is 65.1 Å². The first-order chi connectivity index (χ1) is 12.6. The maximum Gasteiger partial charge on any atom is 0.261 e. The monoisotopic (exact) mass is 377 g/mol. The highest BCUT2D eigenvalue weighted by atomic mass is 32.1. The van der Waals surface area contributed by atoms with Gasteiger partial charge < -0.3 is 15.5 Å². The lowest BCUT2D eigenvalue weighted by Crippen LogP contribution is -2.42. The molecule has 0 aromatic carbocycles. The van der Waals surface area contributed by atoms with Gasteiger partial charge in [-0.15, -0.1) is 11.3 Å². The number of nitrogens with one attached hydrogen (secondary N) is 2. The van der Waals surface area contributed by atoms with Gasteiger partial charge in [0.15, 0.2) is 0 Å². The number of rotatable bonds is 7. The minimum atomic E-state index is -0.126. The van der Waals surface area contributed by atoms with E-state index < -0.39 is 0 Å². The molecule has 0 saturated heterocycles. The molecule has 3 rings (SSSR count). The first-order valence-corrected chi connectivity index (χ1v) is 10.8. The molecule has 1 aromatic heterocycles. The van der Waals surface area contributed by atoms with Crippen LogP contribution in [0.5, 0.6) is 0 Å². The van der Waals surface area contributed by atoms with E-state index in [1.807, 2.05) is 6.07 Å². The molecule has 2 aliphatic carbocycles. The second-order valence-electron chi connectivity index (χ2n) is 7.57. The van der Waals surface area contributed by atoms with Crippen molar-refractivity contribution in [1.82, 2.24) is 15.5 Å². The Morgan fingerprint density at radius 1 is 1.12 bits per heavy atom. The molecule has 1 saturated carbocycles. The van der Waals surface area contributed by atoms with Crippen molar-refractivity contribution in [2.75, 3.05) is 26.7 Å². The number of likely N-dealkylation sites (N-methyl/N-ethyl adjacent to an activating group) is 1. The molecule has 0 spiro atoms. The average molecular weight is 378 g/mol. The molecule has 2 amide bonds. The van der Waals surface area contributed by atoms with Crippen molar-refractivity contribution >= 4 is 23.2 Å². The van der Waals surface area contributed by atoms with Gasteiger partial charge >= 0.3 is 0 Å². The lowest BCUT2D eigenvalue weighted by Gasteiger charge is -2.31. The van der Waals surface area contributed by atoms with Crippen molar-refractivity contribution in [3.05, 3.63) is 21.4 Å². The summed E-state index contributed by atoms with van der Waals surface area (Å²) in [6.07, 6.45) is 11.1. The molecule has 144 valence electrons. The molecule has 2 aliphatic rings. The van der Waals surface area contributed by atoms with Gasteiger partial charge in [-0.05, 0) is 57.2 Å². The Hall–Kier alpha value is -1.40. The summed E-state index contributed by atoms with van der Waals surface area (Å²) < 4.78 is 0. The Morgan fingerprint density at radius 2 is 1.88 bits per heavy atom. The summed E-state index contributed by atoms with van der Waals surface area (Å²) in [6.45, 7) is 1.55. The normalized spacial score (nSPS) is 17.8. The molecule has 0 aliphatic heterocycles. The largest absolute Gasteiger partial charge is 0.353 e. The van der Waals surface area contributed by atoms with Gasteiger partial charge in [-0.2, -0.15) is 0 Å². The van der Waals surface area contributed by atoms with Crippen LogP contribution in [-0.2, 0) is 17.6 Å². The molecule has 1 aromatic rings. The van der Waals surface area contributed by atoms with Gasteiger partial charge in [0, 0.05) is 24.0 Å². The summed E-state index contributed by atoms with van der Waals surface area (Å²) >= 11 is 1.58. The summed E-state index contributed by atoms with van der Waals surface area (Å²) in [5.41, 5.74) is 1.32. The number of carbonyl (C=O) groups excluding carboxylic acids is 2. The van der Waals surface area contributed by atoms with Crippen LogP contribution in [0.25, 0.3) is 0 Å². The zero-order valence-electron chi connectivity index (χ0n) is 15.8. The highest BCUT2D eigenvalue weighted by Gasteiger charge is 2.19. The fourth-order valence-electron chi connectivity index (χ4n) is 3.99. The lowest BCUT2D eigenvalue weighted by molar-refractivity contribution is -0.120. The fourth-order valence-corrected chi connectivity index (χ4v) is 5.16. The molecule has 1 heterocycles. The van der Waals surface area contributed by atoms with E-state index in [4.69, 9.17) is 0 Å². The molecular formula is C20H31N3O2S. The van der Waals surface area contributed by atoms with Crippen molar-refractivity contribution in [1.29, 1.82) is 0 Å². The second kappa shape index (κ2) is 9.51. The molecule has 0 radical (unpaired) electrons. The number of thiophene rings is 1. The van der Waals surface area contributed by atoms with Crippen LogP contribution in [0.2, 0.25) is 0 Å². The molecule has 1 fully saturated rings. The van der Waals surface area contributed by atoms with Crippen molar-refractivity contribution in [2.45, 2.75) is 63.8 Å². The maximum absolute atomic E-state index is 12.3. The van der Waals surface area contributed by atoms with E-state index in [1.54, 1.807) is 11.3 Å². The van der Waals surface area contributed by atoms with E-state index in [-0.39, 0.29) is 18.4 Å². The Morgan fingerprint density at radius 3 is 2.65 bits per heavy atom. The van der Waals surface area contributed by atoms with Crippen LogP contribution in [0.3, 0.4) is 0 Å². The molecule has 0 bridgehead atoms. The summed E-state index contributed by atoms with van der Waals surface area (Å²) in [5.74, 6) is -0.240. The topological polar surface area (TPSA) is 61.4 Å². The number of hydrogen-bond donors (Lipinski definition) is 2. The number of nitrogens with zero attached hydrogens (tertiary/aromatic N) is 1. The predicted octanol–water partition coefficient (Wildman–Crippen LogP) is 2.74. The Bertz CT molecular complexity index is 599. The Labute approximate surface area is 160 Å². The molecule has 0 atom stereocenters. The van der Waals surface area contributed by atoms with Crippen LogP contribution in [-0.4, -0.2) is 49.4 Å². The first-order valence-electron chi connectivity index (χ1n) is 10.00. The minimum absolute atomic E-state index is 0.0501. The summed E-state index contributed by atoms with van der Waals surface area (Å²) in [4.78, 5) is 28.7. The smallest absolute Gasteiger partial charge is 0.261 e. The zero-order valence-corrected chi connectivity index (χ0v) is 16.6. The number of amides is 2. The van der Waals surface area contributed by atoms with Crippen molar-refractivity contribution in [3.8, 4) is 0 Å². The first kappa shape index (κ1) is 19.4. The minimum Gasteiger partial charge on any atom is -0.353 e. The van der Waals surface area contributed by atoms with Gasteiger partial charge in [0.25, 0.3) is 5.91 Å².